The van der Waals surface area contributed by atoms with Crippen molar-refractivity contribution in [3.8, 4) is 0 Å². The van der Waals surface area contributed by atoms with Gasteiger partial charge in [0.25, 0.3) is 5.56 Å². The van der Waals surface area contributed by atoms with Crippen LogP contribution in [0.4, 0.5) is 4.39 Å². The van der Waals surface area contributed by atoms with Crippen LogP contribution in [-0.4, -0.2) is 30.1 Å². The number of rotatable bonds is 10. The molecule has 0 spiro atoms. The summed E-state index contributed by atoms with van der Waals surface area (Å²) in [6, 6.07) is 24.7. The Morgan fingerprint density at radius 1 is 0.892 bits per heavy atom. The Morgan fingerprint density at radius 2 is 1.68 bits per heavy atom. The predicted octanol–water partition coefficient (Wildman–Crippen LogP) is 4.66. The number of pyridine rings is 1. The van der Waals surface area contributed by atoms with Crippen LogP contribution in [0.15, 0.2) is 83.7 Å². The minimum Gasteiger partial charge on any atom is -0.322 e. The van der Waals surface area contributed by atoms with Crippen LogP contribution in [0.25, 0.3) is 10.9 Å². The Bertz CT molecular complexity index is 1530. The van der Waals surface area contributed by atoms with Gasteiger partial charge in [-0.25, -0.2) is 9.07 Å². The van der Waals surface area contributed by atoms with Gasteiger partial charge >= 0.3 is 0 Å². The molecule has 0 fully saturated rings. The number of aromatic amines is 1. The topological polar surface area (TPSA) is 79.7 Å². The van der Waals surface area contributed by atoms with Crippen LogP contribution in [0.5, 0.6) is 0 Å². The second kappa shape index (κ2) is 11.3. The maximum absolute atomic E-state index is 13.5. The number of hydrogen-bond acceptors (Lipinski definition) is 5. The molecular weight excluding hydrogens is 467 g/mol. The predicted molar refractivity (Wildman–Crippen MR) is 141 cm³/mol. The highest BCUT2D eigenvalue weighted by Crippen LogP contribution is 2.17. The van der Waals surface area contributed by atoms with E-state index < -0.39 is 0 Å². The molecule has 37 heavy (non-hydrogen) atoms. The van der Waals surface area contributed by atoms with Crippen molar-refractivity contribution in [2.45, 2.75) is 45.9 Å². The lowest BCUT2D eigenvalue weighted by molar-refractivity contribution is 0.235. The van der Waals surface area contributed by atoms with Crippen LogP contribution in [0, 0.1) is 5.82 Å². The smallest absolute Gasteiger partial charge is 0.252 e. The van der Waals surface area contributed by atoms with Gasteiger partial charge in [0.2, 0.25) is 0 Å². The molecule has 1 N–H and O–H groups in total. The van der Waals surface area contributed by atoms with E-state index in [0.29, 0.717) is 37.6 Å². The molecular formula is C29H29FN6O. The van der Waals surface area contributed by atoms with E-state index in [2.05, 4.69) is 50.5 Å². The molecule has 0 bridgehead atoms. The number of benzene rings is 3. The Labute approximate surface area is 214 Å². The number of tetrazole rings is 1. The standard InChI is InChI=1S/C29H29FN6O/c1-2-21-10-13-27-24(16-21)17-25(29(37)31-27)19-35(18-23-8-11-26(30)12-9-23)20-28-32-33-34-36(28)15-14-22-6-4-3-5-7-22/h3-13,16-17H,2,14-15,18-20H2,1H3,(H,31,37). The van der Waals surface area contributed by atoms with Crippen molar-refractivity contribution in [3.63, 3.8) is 0 Å². The van der Waals surface area contributed by atoms with Crippen LogP contribution < -0.4 is 5.56 Å². The summed E-state index contributed by atoms with van der Waals surface area (Å²) in [5.74, 6) is 0.432. The molecule has 5 rings (SSSR count). The molecule has 0 radical (unpaired) electrons. The van der Waals surface area contributed by atoms with Crippen LogP contribution >= 0.6 is 0 Å². The van der Waals surface area contributed by atoms with Gasteiger partial charge in [0, 0.05) is 30.7 Å². The van der Waals surface area contributed by atoms with Gasteiger partial charge < -0.3 is 4.98 Å². The number of hydrogen-bond donors (Lipinski definition) is 1. The van der Waals surface area contributed by atoms with E-state index in [1.165, 1.54) is 23.3 Å². The summed E-state index contributed by atoms with van der Waals surface area (Å²) in [6.45, 7) is 4.10. The third-order valence-electron chi connectivity index (χ3n) is 6.53. The molecule has 7 nitrogen and oxygen atoms in total. The summed E-state index contributed by atoms with van der Waals surface area (Å²) in [7, 11) is 0. The first-order valence-electron chi connectivity index (χ1n) is 12.5. The molecule has 5 aromatic rings. The highest BCUT2D eigenvalue weighted by Gasteiger charge is 2.16. The van der Waals surface area contributed by atoms with E-state index in [-0.39, 0.29) is 11.4 Å². The van der Waals surface area contributed by atoms with Crippen LogP contribution in [0.3, 0.4) is 0 Å². The van der Waals surface area contributed by atoms with Gasteiger partial charge in [0.1, 0.15) is 5.82 Å². The molecule has 0 aliphatic rings. The van der Waals surface area contributed by atoms with Crippen LogP contribution in [-0.2, 0) is 39.0 Å². The zero-order valence-corrected chi connectivity index (χ0v) is 20.8. The minimum absolute atomic E-state index is 0.121. The van der Waals surface area contributed by atoms with Gasteiger partial charge in [0.05, 0.1) is 6.54 Å². The summed E-state index contributed by atoms with van der Waals surface area (Å²) in [5.41, 5.74) is 4.72. The molecule has 0 amide bonds. The molecule has 188 valence electrons. The second-order valence-electron chi connectivity index (χ2n) is 9.22. The zero-order valence-electron chi connectivity index (χ0n) is 20.8. The molecule has 0 atom stereocenters. The summed E-state index contributed by atoms with van der Waals surface area (Å²) in [6.07, 6.45) is 1.73. The highest BCUT2D eigenvalue weighted by molar-refractivity contribution is 5.79. The van der Waals surface area contributed by atoms with Crippen LogP contribution in [0.1, 0.15) is 35.0 Å². The van der Waals surface area contributed by atoms with Crippen molar-refractivity contribution < 1.29 is 4.39 Å². The first kappa shape index (κ1) is 24.5. The Hall–Kier alpha value is -4.17. The summed E-state index contributed by atoms with van der Waals surface area (Å²) in [4.78, 5) is 18.1. The maximum Gasteiger partial charge on any atom is 0.252 e. The van der Waals surface area contributed by atoms with Gasteiger partial charge in [-0.3, -0.25) is 9.69 Å². The van der Waals surface area contributed by atoms with Crippen molar-refractivity contribution in [2.75, 3.05) is 0 Å². The van der Waals surface area contributed by atoms with E-state index in [1.807, 2.05) is 41.1 Å². The summed E-state index contributed by atoms with van der Waals surface area (Å²) >= 11 is 0. The number of H-pyrrole nitrogens is 1. The van der Waals surface area contributed by atoms with Gasteiger partial charge in [-0.05, 0) is 75.7 Å². The number of nitrogens with one attached hydrogen (secondary N) is 1. The third kappa shape index (κ3) is 6.16. The van der Waals surface area contributed by atoms with Crippen molar-refractivity contribution in [2.24, 2.45) is 0 Å². The second-order valence-corrected chi connectivity index (χ2v) is 9.22. The average Bonchev–Trinajstić information content (AvgIpc) is 3.36. The average molecular weight is 497 g/mol. The fourth-order valence-electron chi connectivity index (χ4n) is 4.49. The highest BCUT2D eigenvalue weighted by atomic mass is 19.1. The molecule has 2 aromatic heterocycles. The van der Waals surface area contributed by atoms with Crippen molar-refractivity contribution in [3.05, 3.63) is 123 Å². The Balaban J connectivity index is 1.41. The third-order valence-corrected chi connectivity index (χ3v) is 6.53. The normalized spacial score (nSPS) is 11.4. The first-order valence-corrected chi connectivity index (χ1v) is 12.5. The molecule has 0 saturated heterocycles. The SMILES string of the molecule is CCc1ccc2[nH]c(=O)c(CN(Cc3ccc(F)cc3)Cc3nnnn3CCc3ccccc3)cc2c1. The van der Waals surface area contributed by atoms with Crippen LogP contribution in [0.2, 0.25) is 0 Å². The number of aromatic nitrogens is 5. The monoisotopic (exact) mass is 496 g/mol. The zero-order chi connectivity index (χ0) is 25.6. The first-order chi connectivity index (χ1) is 18.1. The largest absolute Gasteiger partial charge is 0.322 e. The van der Waals surface area contributed by atoms with Gasteiger partial charge in [-0.15, -0.1) is 5.10 Å². The molecule has 3 aromatic carbocycles. The fourth-order valence-corrected chi connectivity index (χ4v) is 4.49. The Morgan fingerprint density at radius 3 is 2.46 bits per heavy atom. The quantitative estimate of drug-likeness (QED) is 0.304. The number of fused-ring (bicyclic) bond motifs is 1. The lowest BCUT2D eigenvalue weighted by Gasteiger charge is -2.22. The molecule has 0 unspecified atom stereocenters. The minimum atomic E-state index is -0.280. The van der Waals surface area contributed by atoms with Crippen molar-refractivity contribution in [1.82, 2.24) is 30.1 Å². The van der Waals surface area contributed by atoms with Gasteiger partial charge in [0.15, 0.2) is 5.82 Å². The van der Waals surface area contributed by atoms with Gasteiger partial charge in [-0.2, -0.15) is 0 Å². The summed E-state index contributed by atoms with van der Waals surface area (Å²) in [5, 5.41) is 13.4. The Kier molecular flexibility index (Phi) is 7.46. The van der Waals surface area contributed by atoms with E-state index >= 15 is 0 Å². The molecule has 2 heterocycles. The van der Waals surface area contributed by atoms with E-state index in [9.17, 15) is 9.18 Å². The molecule has 0 aliphatic heterocycles. The number of aryl methyl sites for hydroxylation is 3. The fraction of sp³-hybridized carbons (Fsp3) is 0.241. The lowest BCUT2D eigenvalue weighted by Crippen LogP contribution is -2.28. The van der Waals surface area contributed by atoms with E-state index in [4.69, 9.17) is 0 Å². The molecule has 0 saturated carbocycles. The van der Waals surface area contributed by atoms with Gasteiger partial charge in [-0.1, -0.05) is 55.5 Å². The lowest BCUT2D eigenvalue weighted by atomic mass is 10.1. The van der Waals surface area contributed by atoms with Crippen molar-refractivity contribution >= 4 is 10.9 Å². The van der Waals surface area contributed by atoms with Crippen molar-refractivity contribution in [1.29, 1.82) is 0 Å². The maximum atomic E-state index is 13.5. The van der Waals surface area contributed by atoms with E-state index in [0.717, 1.165) is 29.3 Å². The van der Waals surface area contributed by atoms with E-state index in [1.54, 1.807) is 12.1 Å². The molecule has 8 heteroatoms. The molecule has 0 aliphatic carbocycles. The summed E-state index contributed by atoms with van der Waals surface area (Å²) < 4.78 is 15.3. The number of halogens is 1. The number of nitrogens with zero attached hydrogens (tertiary/aromatic N) is 5.